The fourth-order valence-electron chi connectivity index (χ4n) is 11.9. The van der Waals surface area contributed by atoms with E-state index in [1.54, 1.807) is 48.5 Å². The number of carbonyl (C=O) groups excluding carboxylic acids is 1. The summed E-state index contributed by atoms with van der Waals surface area (Å²) in [6.07, 6.45) is 2.79. The minimum atomic E-state index is -6.18. The van der Waals surface area contributed by atoms with Crippen molar-refractivity contribution in [3.05, 3.63) is 191 Å². The van der Waals surface area contributed by atoms with E-state index in [1.165, 1.54) is 59.5 Å². The van der Waals surface area contributed by atoms with E-state index < -0.39 is 48.1 Å². The third-order valence-electron chi connectivity index (χ3n) is 15.2. The summed E-state index contributed by atoms with van der Waals surface area (Å²) in [4.78, 5) is 24.5. The number of nitrogens with one attached hydrogen (secondary N) is 1. The molecule has 10 rings (SSSR count). The van der Waals surface area contributed by atoms with Crippen molar-refractivity contribution in [2.45, 2.75) is 66.4 Å². The Morgan fingerprint density at radius 1 is 0.750 bits per heavy atom. The van der Waals surface area contributed by atoms with E-state index in [1.807, 2.05) is 19.1 Å². The molecule has 0 aliphatic carbocycles. The van der Waals surface area contributed by atoms with Crippen molar-refractivity contribution in [1.82, 2.24) is 14.1 Å². The van der Waals surface area contributed by atoms with Gasteiger partial charge in [0.05, 0.1) is 29.5 Å². The molecule has 6 aromatic carbocycles. The SMILES string of the molecule is Cc1ccc(S(=O)(=O)N(C)C/C=C(\C(=O)N(Cc2ccccc2)c2ccccc2OS(=O)(=O)C(F)(F)F)c2cccc3c2N[C@H]2N(C)CC[C@@]32[C@@]23CCN(C)[C@@H]2N(Cc2ccccc2)c2ccccc23)cc1. The van der Waals surface area contributed by atoms with Crippen LogP contribution in [-0.4, -0.2) is 95.5 Å². The Labute approximate surface area is 419 Å². The molecule has 374 valence electrons. The number of nitrogens with zero attached hydrogens (tertiary/aromatic N) is 5. The molecule has 12 nitrogen and oxygen atoms in total. The van der Waals surface area contributed by atoms with Crippen LogP contribution < -0.4 is 19.3 Å². The van der Waals surface area contributed by atoms with Crippen molar-refractivity contribution in [1.29, 1.82) is 0 Å². The molecule has 2 fully saturated rings. The number of carbonyl (C=O) groups is 1. The van der Waals surface area contributed by atoms with Gasteiger partial charge in [-0.2, -0.15) is 25.9 Å². The van der Waals surface area contributed by atoms with Crippen molar-refractivity contribution in [3.8, 4) is 5.75 Å². The summed E-state index contributed by atoms with van der Waals surface area (Å²) in [5.74, 6) is -1.47. The van der Waals surface area contributed by atoms with Crippen molar-refractivity contribution in [2.75, 3.05) is 55.9 Å². The van der Waals surface area contributed by atoms with Crippen LogP contribution in [0.1, 0.15) is 46.2 Å². The number of hydrogen-bond donors (Lipinski definition) is 1. The first-order valence-electron chi connectivity index (χ1n) is 23.8. The Bertz CT molecular complexity index is 3290. The standard InChI is InChI=1S/C55H55F3N6O6S2/c1-38-26-28-41(29-27-38)71(66,67)62(4)33-30-43(50(65)63(36-39-16-7-5-8-17-39)47-24-13-14-25-48(47)70-72(68,69)55(56,57)58)42-20-15-22-45-49(42)59-51-53(45,31-34-60(51)2)54-32-35-61(3)52(54)64(37-40-18-9-6-10-19-40)46-23-12-11-21-44(46)54/h5-30,51-52,59H,31-37H2,1-4H3/b43-30-/t51-,52+,53+,54+/m0/s1. The molecule has 0 bridgehead atoms. The van der Waals surface area contributed by atoms with Gasteiger partial charge in [-0.1, -0.05) is 133 Å². The molecule has 72 heavy (non-hydrogen) atoms. The molecular formula is C55H55F3N6O6S2. The average molecular weight is 1020 g/mol. The number of sulfonamides is 1. The summed E-state index contributed by atoms with van der Waals surface area (Å²) < 4.78 is 101. The number of benzene rings is 6. The molecular weight excluding hydrogens is 962 g/mol. The second kappa shape index (κ2) is 18.5. The summed E-state index contributed by atoms with van der Waals surface area (Å²) in [6, 6.07) is 45.3. The number of alkyl halides is 3. The molecule has 4 atom stereocenters. The van der Waals surface area contributed by atoms with Crippen LogP contribution >= 0.6 is 0 Å². The molecule has 2 saturated heterocycles. The number of aryl methyl sites for hydroxylation is 1. The van der Waals surface area contributed by atoms with Gasteiger partial charge in [0, 0.05) is 66.6 Å². The van der Waals surface area contributed by atoms with E-state index in [-0.39, 0.29) is 41.6 Å². The van der Waals surface area contributed by atoms with Crippen LogP contribution in [0.4, 0.5) is 30.2 Å². The number of amides is 1. The molecule has 4 heterocycles. The zero-order valence-electron chi connectivity index (χ0n) is 40.3. The van der Waals surface area contributed by atoms with E-state index >= 15 is 4.79 Å². The zero-order chi connectivity index (χ0) is 50.8. The van der Waals surface area contributed by atoms with E-state index in [4.69, 9.17) is 4.18 Å². The summed E-state index contributed by atoms with van der Waals surface area (Å²) in [5, 5.41) is 3.94. The predicted octanol–water partition coefficient (Wildman–Crippen LogP) is 9.11. The second-order valence-electron chi connectivity index (χ2n) is 19.2. The van der Waals surface area contributed by atoms with Crippen molar-refractivity contribution in [3.63, 3.8) is 0 Å². The fraction of sp³-hybridized carbons (Fsp3) is 0.291. The number of anilines is 3. The Morgan fingerprint density at radius 3 is 2.07 bits per heavy atom. The van der Waals surface area contributed by atoms with Crippen LogP contribution in [-0.2, 0) is 48.9 Å². The monoisotopic (exact) mass is 1020 g/mol. The highest BCUT2D eigenvalue weighted by molar-refractivity contribution is 7.89. The molecule has 0 unspecified atom stereocenters. The molecule has 0 saturated carbocycles. The van der Waals surface area contributed by atoms with E-state index in [2.05, 4.69) is 88.7 Å². The molecule has 6 aromatic rings. The molecule has 17 heteroatoms. The van der Waals surface area contributed by atoms with Crippen LogP contribution in [0.2, 0.25) is 0 Å². The maximum atomic E-state index is 16.0. The highest BCUT2D eigenvalue weighted by Gasteiger charge is 2.72. The number of rotatable bonds is 14. The van der Waals surface area contributed by atoms with Gasteiger partial charge in [0.15, 0.2) is 5.75 Å². The third-order valence-corrected chi connectivity index (χ3v) is 18.0. The van der Waals surface area contributed by atoms with Crippen LogP contribution in [0.5, 0.6) is 5.75 Å². The van der Waals surface area contributed by atoms with Crippen LogP contribution in [0.3, 0.4) is 0 Å². The Hall–Kier alpha value is -6.50. The lowest BCUT2D eigenvalue weighted by Crippen LogP contribution is -2.61. The smallest absolute Gasteiger partial charge is 0.374 e. The highest BCUT2D eigenvalue weighted by atomic mass is 32.2. The first-order chi connectivity index (χ1) is 34.4. The van der Waals surface area contributed by atoms with Crippen LogP contribution in [0.15, 0.2) is 163 Å². The maximum absolute atomic E-state index is 16.0. The summed E-state index contributed by atoms with van der Waals surface area (Å²) in [5.41, 5.74) is 0.0555. The second-order valence-corrected chi connectivity index (χ2v) is 22.8. The summed E-state index contributed by atoms with van der Waals surface area (Å²) in [6.45, 7) is 3.59. The van der Waals surface area contributed by atoms with Gasteiger partial charge < -0.3 is 19.3 Å². The number of halogens is 3. The fourth-order valence-corrected chi connectivity index (χ4v) is 13.5. The van der Waals surface area contributed by atoms with Gasteiger partial charge in [-0.3, -0.25) is 14.6 Å². The highest BCUT2D eigenvalue weighted by Crippen LogP contribution is 2.68. The Balaban J connectivity index is 1.16. The first-order valence-corrected chi connectivity index (χ1v) is 26.6. The summed E-state index contributed by atoms with van der Waals surface area (Å²) >= 11 is 0. The van der Waals surface area contributed by atoms with Gasteiger partial charge in [0.1, 0.15) is 0 Å². The number of fused-ring (bicyclic) bond motifs is 7. The van der Waals surface area contributed by atoms with Gasteiger partial charge in [-0.15, -0.1) is 0 Å². The Morgan fingerprint density at radius 2 is 1.36 bits per heavy atom. The molecule has 4 aliphatic heterocycles. The van der Waals surface area contributed by atoms with E-state index in [0.717, 1.165) is 53.1 Å². The lowest BCUT2D eigenvalue weighted by molar-refractivity contribution is -0.113. The number of likely N-dealkylation sites (N-methyl/N-ethyl adjacent to an activating group) is 3. The molecule has 0 radical (unpaired) electrons. The Kier molecular flexibility index (Phi) is 12.6. The van der Waals surface area contributed by atoms with Gasteiger partial charge in [0.2, 0.25) is 10.0 Å². The van der Waals surface area contributed by atoms with Crippen LogP contribution in [0.25, 0.3) is 5.57 Å². The molecule has 4 aliphatic rings. The van der Waals surface area contributed by atoms with Crippen molar-refractivity contribution >= 4 is 48.7 Å². The van der Waals surface area contributed by atoms with Gasteiger partial charge in [0.25, 0.3) is 5.91 Å². The van der Waals surface area contributed by atoms with Crippen molar-refractivity contribution in [2.24, 2.45) is 0 Å². The molecule has 0 aromatic heterocycles. The van der Waals surface area contributed by atoms with E-state index in [9.17, 15) is 30.0 Å². The van der Waals surface area contributed by atoms with Crippen molar-refractivity contribution < 1.29 is 39.0 Å². The zero-order valence-corrected chi connectivity index (χ0v) is 41.9. The predicted molar refractivity (Wildman–Crippen MR) is 273 cm³/mol. The minimum absolute atomic E-state index is 0.0302. The van der Waals surface area contributed by atoms with Gasteiger partial charge in [-0.05, 0) is 86.4 Å². The van der Waals surface area contributed by atoms with Gasteiger partial charge in [-0.25, -0.2) is 8.42 Å². The quantitative estimate of drug-likeness (QED) is 0.0643. The van der Waals surface area contributed by atoms with E-state index in [0.29, 0.717) is 23.4 Å². The minimum Gasteiger partial charge on any atom is -0.374 e. The topological polar surface area (TPSA) is 123 Å². The summed E-state index contributed by atoms with van der Waals surface area (Å²) in [7, 11) is -4.60. The van der Waals surface area contributed by atoms with Crippen LogP contribution in [0, 0.1) is 6.92 Å². The molecule has 0 spiro atoms. The largest absolute Gasteiger partial charge is 0.534 e. The molecule has 1 amide bonds. The first kappa shape index (κ1) is 49.1. The average Bonchev–Trinajstić information content (AvgIpc) is 4.08. The third kappa shape index (κ3) is 8.05. The lowest BCUT2D eigenvalue weighted by atomic mass is 9.55. The number of likely N-dealkylation sites (tertiary alicyclic amines) is 2. The number of para-hydroxylation sites is 4. The normalized spacial score (nSPS) is 22.1. The number of hydrogen-bond acceptors (Lipinski definition) is 10. The van der Waals surface area contributed by atoms with Gasteiger partial charge >= 0.3 is 15.6 Å². The lowest BCUT2D eigenvalue weighted by Gasteiger charge is -2.49. The molecule has 1 N–H and O–H groups in total. The maximum Gasteiger partial charge on any atom is 0.534 e.